The van der Waals surface area contributed by atoms with Crippen LogP contribution in [0.4, 0.5) is 11.5 Å². The second-order valence-electron chi connectivity index (χ2n) is 7.38. The highest BCUT2D eigenvalue weighted by Crippen LogP contribution is 2.34. The lowest BCUT2D eigenvalue weighted by molar-refractivity contribution is -0.120. The number of nitrogens with one attached hydrogen (secondary N) is 1. The van der Waals surface area contributed by atoms with E-state index in [1.54, 1.807) is 24.2 Å². The monoisotopic (exact) mass is 482 g/mol. The number of halogens is 1. The van der Waals surface area contributed by atoms with Gasteiger partial charge in [-0.15, -0.1) is 0 Å². The van der Waals surface area contributed by atoms with Gasteiger partial charge in [0, 0.05) is 40.5 Å². The highest BCUT2D eigenvalue weighted by Gasteiger charge is 2.28. The fourth-order valence-electron chi connectivity index (χ4n) is 3.52. The number of carbonyl (C=O) groups excluding carboxylic acids is 1. The van der Waals surface area contributed by atoms with Crippen molar-refractivity contribution in [3.8, 4) is 0 Å². The molecule has 1 aliphatic heterocycles. The number of rotatable bonds is 5. The molecule has 4 rings (SSSR count). The number of benzene rings is 2. The Balaban J connectivity index is 1.48. The maximum Gasteiger partial charge on any atom is 0.229 e. The second-order valence-corrected chi connectivity index (χ2v) is 9.36. The molecule has 0 bridgehead atoms. The molecule has 0 radical (unpaired) electrons. The van der Waals surface area contributed by atoms with E-state index in [1.807, 2.05) is 24.3 Å². The van der Waals surface area contributed by atoms with E-state index >= 15 is 0 Å². The third-order valence-electron chi connectivity index (χ3n) is 5.07. The Bertz CT molecular complexity index is 1030. The van der Waals surface area contributed by atoms with Gasteiger partial charge in [0.1, 0.15) is 5.03 Å². The highest BCUT2D eigenvalue weighted by atomic mass is 79.9. The summed E-state index contributed by atoms with van der Waals surface area (Å²) in [6.07, 6.45) is 5.26. The molecule has 2 heterocycles. The fraction of sp³-hybridized carbons (Fsp3) is 0.261. The predicted molar refractivity (Wildman–Crippen MR) is 125 cm³/mol. The minimum atomic E-state index is -0.0861. The maximum atomic E-state index is 12.9. The van der Waals surface area contributed by atoms with Crippen LogP contribution < -0.4 is 10.2 Å². The lowest BCUT2D eigenvalue weighted by Crippen LogP contribution is -2.41. The maximum absolute atomic E-state index is 12.9. The Morgan fingerprint density at radius 2 is 1.97 bits per heavy atom. The van der Waals surface area contributed by atoms with Crippen molar-refractivity contribution in [2.45, 2.75) is 29.7 Å². The minimum Gasteiger partial charge on any atom is -0.354 e. The summed E-state index contributed by atoms with van der Waals surface area (Å²) in [5.74, 6) is 0.814. The molecule has 1 aromatic heterocycles. The topological polar surface area (TPSA) is 58.1 Å². The van der Waals surface area contributed by atoms with Crippen molar-refractivity contribution in [1.82, 2.24) is 9.97 Å². The molecular weight excluding hydrogens is 460 g/mol. The molecule has 1 atom stereocenters. The fourth-order valence-corrected chi connectivity index (χ4v) is 4.80. The first-order valence-electron chi connectivity index (χ1n) is 9.95. The Morgan fingerprint density at radius 1 is 1.17 bits per heavy atom. The third kappa shape index (κ3) is 5.21. The molecule has 30 heavy (non-hydrogen) atoms. The van der Waals surface area contributed by atoms with E-state index in [9.17, 15) is 4.79 Å². The first-order chi connectivity index (χ1) is 14.6. The molecule has 1 amide bonds. The van der Waals surface area contributed by atoms with Crippen LogP contribution in [-0.2, 0) is 4.79 Å². The van der Waals surface area contributed by atoms with Crippen LogP contribution in [0.1, 0.15) is 18.4 Å². The van der Waals surface area contributed by atoms with E-state index in [1.165, 1.54) is 5.56 Å². The predicted octanol–water partition coefficient (Wildman–Crippen LogP) is 5.55. The Morgan fingerprint density at radius 3 is 2.77 bits per heavy atom. The Kier molecular flexibility index (Phi) is 6.69. The normalized spacial score (nSPS) is 16.3. The third-order valence-corrected chi connectivity index (χ3v) is 6.55. The number of amides is 1. The van der Waals surface area contributed by atoms with E-state index in [-0.39, 0.29) is 11.8 Å². The van der Waals surface area contributed by atoms with E-state index in [2.05, 4.69) is 67.3 Å². The zero-order valence-corrected chi connectivity index (χ0v) is 19.1. The summed E-state index contributed by atoms with van der Waals surface area (Å²) in [5.41, 5.74) is 2.04. The first kappa shape index (κ1) is 20.9. The Labute approximate surface area is 189 Å². The lowest BCUT2D eigenvalue weighted by atomic mass is 9.97. The molecule has 2 aromatic carbocycles. The lowest BCUT2D eigenvalue weighted by Gasteiger charge is -2.33. The summed E-state index contributed by atoms with van der Waals surface area (Å²) in [7, 11) is 0. The van der Waals surface area contributed by atoms with E-state index in [0.717, 1.165) is 45.3 Å². The van der Waals surface area contributed by atoms with Gasteiger partial charge in [0.05, 0.1) is 5.92 Å². The van der Waals surface area contributed by atoms with Crippen LogP contribution in [0.15, 0.2) is 75.3 Å². The van der Waals surface area contributed by atoms with Gasteiger partial charge in [-0.25, -0.2) is 9.97 Å². The summed E-state index contributed by atoms with van der Waals surface area (Å²) >= 11 is 5.06. The zero-order valence-electron chi connectivity index (χ0n) is 16.7. The van der Waals surface area contributed by atoms with Crippen LogP contribution in [0.2, 0.25) is 0 Å². The SMILES string of the molecule is Cc1ccc(Sc2nccnc2N2CCCC(C(=O)Nc3cccc(Br)c3)C2)cc1. The van der Waals surface area contributed by atoms with Gasteiger partial charge in [-0.3, -0.25) is 4.79 Å². The van der Waals surface area contributed by atoms with Gasteiger partial charge in [0.15, 0.2) is 5.82 Å². The number of nitrogens with zero attached hydrogens (tertiary/aromatic N) is 3. The first-order valence-corrected chi connectivity index (χ1v) is 11.6. The largest absolute Gasteiger partial charge is 0.354 e. The number of anilines is 2. The van der Waals surface area contributed by atoms with Crippen LogP contribution in [0, 0.1) is 12.8 Å². The standard InChI is InChI=1S/C23H23BrN4OS/c1-16-7-9-20(10-8-16)30-23-21(25-11-12-26-23)28-13-3-4-17(15-28)22(29)27-19-6-2-5-18(24)14-19/h2,5-12,14,17H,3-4,13,15H2,1H3,(H,27,29). The highest BCUT2D eigenvalue weighted by molar-refractivity contribution is 9.10. The smallest absolute Gasteiger partial charge is 0.229 e. The van der Waals surface area contributed by atoms with Crippen molar-refractivity contribution in [3.05, 3.63) is 71.0 Å². The second kappa shape index (κ2) is 9.62. The molecule has 0 spiro atoms. The zero-order chi connectivity index (χ0) is 20.9. The van der Waals surface area contributed by atoms with Gasteiger partial charge in [-0.1, -0.05) is 51.5 Å². The quantitative estimate of drug-likeness (QED) is 0.516. The van der Waals surface area contributed by atoms with Gasteiger partial charge in [0.2, 0.25) is 5.91 Å². The molecule has 1 aliphatic rings. The average molecular weight is 483 g/mol. The molecule has 1 N–H and O–H groups in total. The Hall–Kier alpha value is -2.38. The molecule has 0 aliphatic carbocycles. The van der Waals surface area contributed by atoms with Crippen molar-refractivity contribution >= 4 is 45.1 Å². The number of hydrogen-bond donors (Lipinski definition) is 1. The summed E-state index contributed by atoms with van der Waals surface area (Å²) in [5, 5.41) is 3.92. The number of hydrogen-bond acceptors (Lipinski definition) is 5. The van der Waals surface area contributed by atoms with Crippen LogP contribution in [0.3, 0.4) is 0 Å². The van der Waals surface area contributed by atoms with Crippen LogP contribution in [-0.4, -0.2) is 29.0 Å². The molecule has 154 valence electrons. The van der Waals surface area contributed by atoms with Gasteiger partial charge in [0.25, 0.3) is 0 Å². The number of aryl methyl sites for hydroxylation is 1. The van der Waals surface area contributed by atoms with E-state index in [0.29, 0.717) is 6.54 Å². The molecule has 3 aromatic rings. The molecule has 5 nitrogen and oxygen atoms in total. The minimum absolute atomic E-state index is 0.0504. The van der Waals surface area contributed by atoms with E-state index in [4.69, 9.17) is 0 Å². The van der Waals surface area contributed by atoms with Crippen molar-refractivity contribution in [2.24, 2.45) is 5.92 Å². The number of piperidine rings is 1. The summed E-state index contributed by atoms with van der Waals surface area (Å²) < 4.78 is 0.947. The average Bonchev–Trinajstić information content (AvgIpc) is 2.76. The van der Waals surface area contributed by atoms with Crippen molar-refractivity contribution < 1.29 is 4.79 Å². The number of aromatic nitrogens is 2. The van der Waals surface area contributed by atoms with Crippen molar-refractivity contribution in [2.75, 3.05) is 23.3 Å². The molecule has 7 heteroatoms. The molecule has 1 saturated heterocycles. The van der Waals surface area contributed by atoms with Crippen LogP contribution in [0.5, 0.6) is 0 Å². The van der Waals surface area contributed by atoms with Gasteiger partial charge < -0.3 is 10.2 Å². The van der Waals surface area contributed by atoms with Gasteiger partial charge in [-0.2, -0.15) is 0 Å². The molecule has 1 unspecified atom stereocenters. The van der Waals surface area contributed by atoms with Gasteiger partial charge in [-0.05, 0) is 50.1 Å². The summed E-state index contributed by atoms with van der Waals surface area (Å²) in [4.78, 5) is 25.4. The molecular formula is C23H23BrN4OS. The van der Waals surface area contributed by atoms with Crippen molar-refractivity contribution in [3.63, 3.8) is 0 Å². The van der Waals surface area contributed by atoms with E-state index < -0.39 is 0 Å². The van der Waals surface area contributed by atoms with Crippen LogP contribution in [0.25, 0.3) is 0 Å². The number of carbonyl (C=O) groups is 1. The van der Waals surface area contributed by atoms with Gasteiger partial charge >= 0.3 is 0 Å². The van der Waals surface area contributed by atoms with Crippen LogP contribution >= 0.6 is 27.7 Å². The molecule has 0 saturated carbocycles. The summed E-state index contributed by atoms with van der Waals surface area (Å²) in [6, 6.07) is 16.1. The summed E-state index contributed by atoms with van der Waals surface area (Å²) in [6.45, 7) is 3.59. The molecule has 1 fully saturated rings. The van der Waals surface area contributed by atoms with Crippen molar-refractivity contribution in [1.29, 1.82) is 0 Å².